The Kier molecular flexibility index (Phi) is 5.13. The van der Waals surface area contributed by atoms with Crippen molar-refractivity contribution in [3.8, 4) is 0 Å². The van der Waals surface area contributed by atoms with E-state index in [9.17, 15) is 14.4 Å². The smallest absolute Gasteiger partial charge is 0.242 e. The predicted molar refractivity (Wildman–Crippen MR) is 105 cm³/mol. The molecule has 1 atom stereocenters. The molecule has 3 amide bonds. The molecular weight excluding hydrogens is 354 g/mol. The lowest BCUT2D eigenvalue weighted by atomic mass is 9.72. The van der Waals surface area contributed by atoms with Crippen molar-refractivity contribution in [1.29, 1.82) is 0 Å². The minimum atomic E-state index is 0.0529. The van der Waals surface area contributed by atoms with Crippen LogP contribution < -0.4 is 0 Å². The number of hydrogen-bond acceptors (Lipinski definition) is 3. The molecule has 4 rings (SSSR count). The highest BCUT2D eigenvalue weighted by Gasteiger charge is 2.41. The first kappa shape index (κ1) is 19.0. The van der Waals surface area contributed by atoms with Crippen molar-refractivity contribution in [3.63, 3.8) is 0 Å². The van der Waals surface area contributed by atoms with Crippen molar-refractivity contribution in [1.82, 2.24) is 14.7 Å². The lowest BCUT2D eigenvalue weighted by Gasteiger charge is -2.46. The Hall–Kier alpha value is -2.37. The number of hydrogen-bond donors (Lipinski definition) is 0. The maximum absolute atomic E-state index is 12.8. The number of carbonyl (C=O) groups excluding carboxylic acids is 3. The zero-order valence-corrected chi connectivity index (χ0v) is 16.6. The number of benzene rings is 1. The molecule has 0 N–H and O–H groups in total. The molecule has 0 bridgehead atoms. The molecule has 1 aromatic rings. The van der Waals surface area contributed by atoms with E-state index < -0.39 is 0 Å². The summed E-state index contributed by atoms with van der Waals surface area (Å²) >= 11 is 0. The Balaban J connectivity index is 1.30. The molecule has 0 saturated carbocycles. The first-order valence-corrected chi connectivity index (χ1v) is 10.3. The van der Waals surface area contributed by atoms with Gasteiger partial charge in [-0.05, 0) is 30.2 Å². The summed E-state index contributed by atoms with van der Waals surface area (Å²) in [6.45, 7) is 3.07. The second kappa shape index (κ2) is 7.57. The number of carbonyl (C=O) groups is 3. The lowest BCUT2D eigenvalue weighted by molar-refractivity contribution is -0.143. The molecule has 3 saturated heterocycles. The van der Waals surface area contributed by atoms with E-state index in [4.69, 9.17) is 0 Å². The van der Waals surface area contributed by atoms with Crippen molar-refractivity contribution in [2.45, 2.75) is 38.0 Å². The monoisotopic (exact) mass is 383 g/mol. The zero-order chi connectivity index (χ0) is 19.7. The van der Waals surface area contributed by atoms with E-state index in [2.05, 4.69) is 12.1 Å². The SMILES string of the molecule is CN1CC2(CCC1=O)CCN(C(=O)CN1CC(c3ccccc3)CC1=O)CC2. The Labute approximate surface area is 166 Å². The molecule has 1 unspecified atom stereocenters. The van der Waals surface area contributed by atoms with E-state index in [0.717, 1.165) is 38.9 Å². The number of nitrogens with zero attached hydrogens (tertiary/aromatic N) is 3. The minimum absolute atomic E-state index is 0.0529. The standard InChI is InChI=1S/C22H29N3O3/c1-23-16-22(8-7-19(23)26)9-11-24(12-10-22)21(28)15-25-14-18(13-20(25)27)17-5-3-2-4-6-17/h2-6,18H,7-16H2,1H3. The highest BCUT2D eigenvalue weighted by Crippen LogP contribution is 2.39. The Morgan fingerprint density at radius 2 is 1.79 bits per heavy atom. The third kappa shape index (κ3) is 3.77. The molecular formula is C22H29N3O3. The number of amides is 3. The van der Waals surface area contributed by atoms with E-state index in [0.29, 0.717) is 19.4 Å². The zero-order valence-electron chi connectivity index (χ0n) is 16.6. The van der Waals surface area contributed by atoms with Crippen molar-refractivity contribution in [2.75, 3.05) is 39.8 Å². The molecule has 3 fully saturated rings. The van der Waals surface area contributed by atoms with Gasteiger partial charge in [-0.15, -0.1) is 0 Å². The van der Waals surface area contributed by atoms with Gasteiger partial charge < -0.3 is 14.7 Å². The van der Waals surface area contributed by atoms with Crippen molar-refractivity contribution < 1.29 is 14.4 Å². The molecule has 3 aliphatic rings. The van der Waals surface area contributed by atoms with E-state index >= 15 is 0 Å². The molecule has 3 aliphatic heterocycles. The maximum atomic E-state index is 12.8. The maximum Gasteiger partial charge on any atom is 0.242 e. The van der Waals surface area contributed by atoms with Crippen LogP contribution in [0.4, 0.5) is 0 Å². The molecule has 150 valence electrons. The summed E-state index contributed by atoms with van der Waals surface area (Å²) in [5.74, 6) is 0.534. The molecule has 6 heteroatoms. The summed E-state index contributed by atoms with van der Waals surface area (Å²) in [6.07, 6.45) is 3.92. The Morgan fingerprint density at radius 1 is 1.07 bits per heavy atom. The Morgan fingerprint density at radius 3 is 2.46 bits per heavy atom. The van der Waals surface area contributed by atoms with Gasteiger partial charge >= 0.3 is 0 Å². The molecule has 6 nitrogen and oxygen atoms in total. The second-order valence-electron chi connectivity index (χ2n) is 8.72. The van der Waals surface area contributed by atoms with Crippen LogP contribution in [0.1, 0.15) is 43.6 Å². The van der Waals surface area contributed by atoms with Gasteiger partial charge in [-0.2, -0.15) is 0 Å². The lowest BCUT2D eigenvalue weighted by Crippen LogP contribution is -2.52. The van der Waals surface area contributed by atoms with Crippen molar-refractivity contribution >= 4 is 17.7 Å². The van der Waals surface area contributed by atoms with Gasteiger partial charge in [-0.25, -0.2) is 0 Å². The van der Waals surface area contributed by atoms with Crippen molar-refractivity contribution in [3.05, 3.63) is 35.9 Å². The van der Waals surface area contributed by atoms with Gasteiger partial charge in [-0.1, -0.05) is 30.3 Å². The average Bonchev–Trinajstić information content (AvgIpc) is 3.07. The molecule has 0 radical (unpaired) electrons. The summed E-state index contributed by atoms with van der Waals surface area (Å²) in [4.78, 5) is 42.4. The molecule has 3 heterocycles. The summed E-state index contributed by atoms with van der Waals surface area (Å²) in [5, 5.41) is 0. The molecule has 0 aliphatic carbocycles. The molecule has 1 aromatic carbocycles. The van der Waals surface area contributed by atoms with Crippen LogP contribution in [-0.2, 0) is 14.4 Å². The van der Waals surface area contributed by atoms with Crippen LogP contribution in [0.15, 0.2) is 30.3 Å². The van der Waals surface area contributed by atoms with Crippen LogP contribution in [-0.4, -0.2) is 72.2 Å². The quantitative estimate of drug-likeness (QED) is 0.801. The first-order chi connectivity index (χ1) is 13.5. The Bertz CT molecular complexity index is 756. The summed E-state index contributed by atoms with van der Waals surface area (Å²) in [7, 11) is 1.88. The van der Waals surface area contributed by atoms with Crippen LogP contribution in [0.2, 0.25) is 0 Å². The van der Waals surface area contributed by atoms with Gasteiger partial charge in [0.05, 0.1) is 6.54 Å². The van der Waals surface area contributed by atoms with E-state index in [1.807, 2.05) is 35.0 Å². The van der Waals surface area contributed by atoms with Crippen LogP contribution in [0.3, 0.4) is 0 Å². The third-order valence-corrected chi connectivity index (χ3v) is 6.86. The first-order valence-electron chi connectivity index (χ1n) is 10.3. The minimum Gasteiger partial charge on any atom is -0.345 e. The number of piperidine rings is 2. The van der Waals surface area contributed by atoms with Gasteiger partial charge in [0, 0.05) is 52.0 Å². The van der Waals surface area contributed by atoms with Crippen LogP contribution in [0.5, 0.6) is 0 Å². The van der Waals surface area contributed by atoms with Gasteiger partial charge in [0.2, 0.25) is 17.7 Å². The van der Waals surface area contributed by atoms with Gasteiger partial charge in [0.25, 0.3) is 0 Å². The fourth-order valence-corrected chi connectivity index (χ4v) is 5.01. The average molecular weight is 383 g/mol. The normalized spacial score (nSPS) is 24.9. The molecule has 28 heavy (non-hydrogen) atoms. The van der Waals surface area contributed by atoms with E-state index in [1.165, 1.54) is 5.56 Å². The number of rotatable bonds is 3. The van der Waals surface area contributed by atoms with Crippen LogP contribution in [0, 0.1) is 5.41 Å². The molecule has 1 spiro atoms. The van der Waals surface area contributed by atoms with Crippen LogP contribution >= 0.6 is 0 Å². The van der Waals surface area contributed by atoms with Gasteiger partial charge in [-0.3, -0.25) is 14.4 Å². The van der Waals surface area contributed by atoms with E-state index in [1.54, 1.807) is 4.90 Å². The van der Waals surface area contributed by atoms with Gasteiger partial charge in [0.1, 0.15) is 0 Å². The fourth-order valence-electron chi connectivity index (χ4n) is 5.01. The van der Waals surface area contributed by atoms with E-state index in [-0.39, 0.29) is 35.6 Å². The molecule has 0 aromatic heterocycles. The summed E-state index contributed by atoms with van der Waals surface area (Å²) in [6, 6.07) is 10.1. The second-order valence-corrected chi connectivity index (χ2v) is 8.72. The van der Waals surface area contributed by atoms with Crippen LogP contribution in [0.25, 0.3) is 0 Å². The summed E-state index contributed by atoms with van der Waals surface area (Å²) < 4.78 is 0. The fraction of sp³-hybridized carbons (Fsp3) is 0.591. The highest BCUT2D eigenvalue weighted by molar-refractivity contribution is 5.86. The third-order valence-electron chi connectivity index (χ3n) is 6.86. The van der Waals surface area contributed by atoms with Gasteiger partial charge in [0.15, 0.2) is 0 Å². The summed E-state index contributed by atoms with van der Waals surface area (Å²) in [5.41, 5.74) is 1.34. The number of likely N-dealkylation sites (tertiary alicyclic amines) is 3. The van der Waals surface area contributed by atoms with Crippen molar-refractivity contribution in [2.24, 2.45) is 5.41 Å². The topological polar surface area (TPSA) is 60.9 Å². The predicted octanol–water partition coefficient (Wildman–Crippen LogP) is 1.86. The largest absolute Gasteiger partial charge is 0.345 e. The highest BCUT2D eigenvalue weighted by atomic mass is 16.2.